The van der Waals surface area contributed by atoms with Crippen molar-refractivity contribution in [3.05, 3.63) is 35.4 Å². The van der Waals surface area contributed by atoms with Gasteiger partial charge in [-0.2, -0.15) is 0 Å². The quantitative estimate of drug-likeness (QED) is 0.858. The third kappa shape index (κ3) is 4.05. The van der Waals surface area contributed by atoms with Crippen molar-refractivity contribution in [2.75, 3.05) is 26.2 Å². The summed E-state index contributed by atoms with van der Waals surface area (Å²) in [4.78, 5) is 14.6. The maximum Gasteiger partial charge on any atom is 0.251 e. The number of nitrogens with one attached hydrogen (secondary N) is 1. The zero-order valence-electron chi connectivity index (χ0n) is 12.3. The average Bonchev–Trinajstić information content (AvgIpc) is 2.53. The predicted octanol–water partition coefficient (Wildman–Crippen LogP) is 1.61. The van der Waals surface area contributed by atoms with E-state index < -0.39 is 0 Å². The number of likely N-dealkylation sites (tertiary alicyclic amines) is 1. The van der Waals surface area contributed by atoms with Gasteiger partial charge in [-0.05, 0) is 56.1 Å². The van der Waals surface area contributed by atoms with Gasteiger partial charge in [-0.3, -0.25) is 4.79 Å². The van der Waals surface area contributed by atoms with Gasteiger partial charge in [-0.15, -0.1) is 0 Å². The largest absolute Gasteiger partial charge is 0.352 e. The number of benzene rings is 1. The lowest BCUT2D eigenvalue weighted by molar-refractivity contribution is 0.0937. The van der Waals surface area contributed by atoms with Crippen LogP contribution in [0.3, 0.4) is 0 Å². The molecule has 1 aliphatic heterocycles. The smallest absolute Gasteiger partial charge is 0.251 e. The Morgan fingerprint density at radius 1 is 1.40 bits per heavy atom. The molecule has 1 fully saturated rings. The van der Waals surface area contributed by atoms with Gasteiger partial charge in [-0.1, -0.05) is 19.1 Å². The van der Waals surface area contributed by atoms with Gasteiger partial charge in [0.05, 0.1) is 0 Å². The average molecular weight is 275 g/mol. The minimum Gasteiger partial charge on any atom is -0.352 e. The summed E-state index contributed by atoms with van der Waals surface area (Å²) in [7, 11) is 0. The first-order chi connectivity index (χ1) is 9.72. The van der Waals surface area contributed by atoms with Gasteiger partial charge in [0, 0.05) is 18.7 Å². The van der Waals surface area contributed by atoms with E-state index in [0.29, 0.717) is 18.0 Å². The summed E-state index contributed by atoms with van der Waals surface area (Å²) in [6.07, 6.45) is 2.36. The molecule has 1 heterocycles. The second-order valence-electron chi connectivity index (χ2n) is 5.49. The fraction of sp³-hybridized carbons (Fsp3) is 0.562. The second-order valence-corrected chi connectivity index (χ2v) is 5.49. The van der Waals surface area contributed by atoms with E-state index in [0.717, 1.165) is 31.7 Å². The summed E-state index contributed by atoms with van der Waals surface area (Å²) in [6.45, 7) is 6.89. The highest BCUT2D eigenvalue weighted by Gasteiger charge is 2.18. The molecule has 0 atom stereocenters. The standard InChI is InChI=1S/C16H25N3O/c1-2-19-8-6-13(7-9-19)12-18-16(20)15-5-3-4-14(10-15)11-17/h3-5,10,13H,2,6-9,11-12,17H2,1H3,(H,18,20). The van der Waals surface area contributed by atoms with Crippen molar-refractivity contribution < 1.29 is 4.79 Å². The maximum absolute atomic E-state index is 12.1. The number of carbonyl (C=O) groups is 1. The molecule has 1 amide bonds. The third-order valence-electron chi connectivity index (χ3n) is 4.13. The molecule has 4 heteroatoms. The first-order valence-corrected chi connectivity index (χ1v) is 7.52. The Kier molecular flexibility index (Phi) is 5.56. The number of nitrogens with two attached hydrogens (primary N) is 1. The van der Waals surface area contributed by atoms with Crippen LogP contribution in [0.4, 0.5) is 0 Å². The van der Waals surface area contributed by atoms with Crippen molar-refractivity contribution in [3.63, 3.8) is 0 Å². The van der Waals surface area contributed by atoms with Crippen LogP contribution < -0.4 is 11.1 Å². The fourth-order valence-electron chi connectivity index (χ4n) is 2.69. The summed E-state index contributed by atoms with van der Waals surface area (Å²) in [5, 5.41) is 3.05. The third-order valence-corrected chi connectivity index (χ3v) is 4.13. The number of nitrogens with zero attached hydrogens (tertiary/aromatic N) is 1. The van der Waals surface area contributed by atoms with Crippen LogP contribution in [0.15, 0.2) is 24.3 Å². The molecule has 0 unspecified atom stereocenters. The highest BCUT2D eigenvalue weighted by Crippen LogP contribution is 2.16. The van der Waals surface area contributed by atoms with Crippen molar-refractivity contribution >= 4 is 5.91 Å². The van der Waals surface area contributed by atoms with Gasteiger partial charge in [0.2, 0.25) is 0 Å². The maximum atomic E-state index is 12.1. The molecule has 1 saturated heterocycles. The summed E-state index contributed by atoms with van der Waals surface area (Å²) in [5.41, 5.74) is 7.30. The zero-order chi connectivity index (χ0) is 14.4. The van der Waals surface area contributed by atoms with Gasteiger partial charge >= 0.3 is 0 Å². The summed E-state index contributed by atoms with van der Waals surface area (Å²) < 4.78 is 0. The normalized spacial score (nSPS) is 17.1. The highest BCUT2D eigenvalue weighted by molar-refractivity contribution is 5.94. The van der Waals surface area contributed by atoms with Gasteiger partial charge < -0.3 is 16.0 Å². The van der Waals surface area contributed by atoms with E-state index in [9.17, 15) is 4.79 Å². The van der Waals surface area contributed by atoms with Gasteiger partial charge in [0.15, 0.2) is 0 Å². The molecule has 2 rings (SSSR count). The van der Waals surface area contributed by atoms with E-state index >= 15 is 0 Å². The summed E-state index contributed by atoms with van der Waals surface area (Å²) in [6, 6.07) is 7.54. The number of amides is 1. The van der Waals surface area contributed by atoms with Crippen molar-refractivity contribution in [2.24, 2.45) is 11.7 Å². The topological polar surface area (TPSA) is 58.4 Å². The molecule has 1 aliphatic rings. The Balaban J connectivity index is 1.80. The van der Waals surface area contributed by atoms with Crippen molar-refractivity contribution in [1.29, 1.82) is 0 Å². The van der Waals surface area contributed by atoms with Crippen LogP contribution in [0, 0.1) is 5.92 Å². The Morgan fingerprint density at radius 3 is 2.80 bits per heavy atom. The minimum atomic E-state index is 0.0122. The Morgan fingerprint density at radius 2 is 2.15 bits per heavy atom. The molecule has 0 bridgehead atoms. The molecule has 0 aliphatic carbocycles. The zero-order valence-corrected chi connectivity index (χ0v) is 12.3. The molecule has 3 N–H and O–H groups in total. The van der Waals surface area contributed by atoms with Crippen LogP contribution in [-0.2, 0) is 6.54 Å². The number of piperidine rings is 1. The van der Waals surface area contributed by atoms with Crippen LogP contribution in [0.2, 0.25) is 0 Å². The van der Waals surface area contributed by atoms with Crippen LogP contribution in [0.25, 0.3) is 0 Å². The van der Waals surface area contributed by atoms with Gasteiger partial charge in [0.1, 0.15) is 0 Å². The first-order valence-electron chi connectivity index (χ1n) is 7.52. The van der Waals surface area contributed by atoms with Crippen LogP contribution in [0.5, 0.6) is 0 Å². The molecule has 4 nitrogen and oxygen atoms in total. The molecule has 0 spiro atoms. The van der Waals surface area contributed by atoms with E-state index in [4.69, 9.17) is 5.73 Å². The Bertz CT molecular complexity index is 439. The Hall–Kier alpha value is -1.39. The molecule has 0 radical (unpaired) electrons. The predicted molar refractivity (Wildman–Crippen MR) is 81.5 cm³/mol. The van der Waals surface area contributed by atoms with Crippen LogP contribution >= 0.6 is 0 Å². The van der Waals surface area contributed by atoms with Crippen molar-refractivity contribution in [2.45, 2.75) is 26.3 Å². The molecule has 0 saturated carbocycles. The molecular weight excluding hydrogens is 250 g/mol. The second kappa shape index (κ2) is 7.41. The number of carbonyl (C=O) groups excluding carboxylic acids is 1. The first kappa shape index (κ1) is 15.0. The number of hydrogen-bond donors (Lipinski definition) is 2. The Labute approximate surface area is 121 Å². The minimum absolute atomic E-state index is 0.0122. The summed E-state index contributed by atoms with van der Waals surface area (Å²) in [5.74, 6) is 0.623. The fourth-order valence-corrected chi connectivity index (χ4v) is 2.69. The van der Waals surface area contributed by atoms with E-state index in [-0.39, 0.29) is 5.91 Å². The summed E-state index contributed by atoms with van der Waals surface area (Å²) >= 11 is 0. The lowest BCUT2D eigenvalue weighted by Gasteiger charge is -2.31. The monoisotopic (exact) mass is 275 g/mol. The molecule has 1 aromatic rings. The molecule has 110 valence electrons. The van der Waals surface area contributed by atoms with Gasteiger partial charge in [0.25, 0.3) is 5.91 Å². The molecule has 1 aromatic carbocycles. The molecular formula is C16H25N3O. The van der Waals surface area contributed by atoms with E-state index in [1.54, 1.807) is 0 Å². The van der Waals surface area contributed by atoms with Crippen molar-refractivity contribution in [1.82, 2.24) is 10.2 Å². The van der Waals surface area contributed by atoms with E-state index in [2.05, 4.69) is 17.1 Å². The number of rotatable bonds is 5. The van der Waals surface area contributed by atoms with Gasteiger partial charge in [-0.25, -0.2) is 0 Å². The highest BCUT2D eigenvalue weighted by atomic mass is 16.1. The molecule has 0 aromatic heterocycles. The lowest BCUT2D eigenvalue weighted by Crippen LogP contribution is -2.38. The van der Waals surface area contributed by atoms with E-state index in [1.165, 1.54) is 12.8 Å². The lowest BCUT2D eigenvalue weighted by atomic mass is 9.96. The van der Waals surface area contributed by atoms with Crippen LogP contribution in [-0.4, -0.2) is 37.0 Å². The van der Waals surface area contributed by atoms with Crippen LogP contribution in [0.1, 0.15) is 35.7 Å². The molecule has 20 heavy (non-hydrogen) atoms. The SMILES string of the molecule is CCN1CCC(CNC(=O)c2cccc(CN)c2)CC1. The van der Waals surface area contributed by atoms with E-state index in [1.807, 2.05) is 24.3 Å². The van der Waals surface area contributed by atoms with Crippen molar-refractivity contribution in [3.8, 4) is 0 Å². The number of hydrogen-bond acceptors (Lipinski definition) is 3.